The van der Waals surface area contributed by atoms with E-state index in [1.165, 1.54) is 19.3 Å². The van der Waals surface area contributed by atoms with Crippen LogP contribution in [0.25, 0.3) is 0 Å². The van der Waals surface area contributed by atoms with E-state index in [-0.39, 0.29) is 10.8 Å². The summed E-state index contributed by atoms with van der Waals surface area (Å²) < 4.78 is 38.8. The first-order valence-electron chi connectivity index (χ1n) is 7.28. The third-order valence-electron chi connectivity index (χ3n) is 4.38. The van der Waals surface area contributed by atoms with Crippen molar-refractivity contribution in [3.05, 3.63) is 21.8 Å². The van der Waals surface area contributed by atoms with Gasteiger partial charge in [-0.1, -0.05) is 29.6 Å². The van der Waals surface area contributed by atoms with E-state index in [2.05, 4.69) is 9.88 Å². The van der Waals surface area contributed by atoms with E-state index in [0.29, 0.717) is 19.1 Å². The standard InChI is InChI=1S/C14H16Cl2F3N3/c15-10-8-11(16)13(20-12(10)14(17,18)19)22-6-4-21(5-7-22)9-2-1-3-9/h8-9H,1-7H2. The van der Waals surface area contributed by atoms with Crippen molar-refractivity contribution in [2.24, 2.45) is 0 Å². The van der Waals surface area contributed by atoms with Crippen LogP contribution in [-0.2, 0) is 6.18 Å². The zero-order valence-corrected chi connectivity index (χ0v) is 13.3. The van der Waals surface area contributed by atoms with E-state index >= 15 is 0 Å². The predicted molar refractivity (Wildman–Crippen MR) is 80.7 cm³/mol. The van der Waals surface area contributed by atoms with E-state index in [1.807, 2.05) is 4.90 Å². The second kappa shape index (κ2) is 6.06. The van der Waals surface area contributed by atoms with Gasteiger partial charge in [-0.25, -0.2) is 4.98 Å². The average Bonchev–Trinajstić information content (AvgIpc) is 2.36. The fraction of sp³-hybridized carbons (Fsp3) is 0.643. The van der Waals surface area contributed by atoms with Crippen molar-refractivity contribution in [3.8, 4) is 0 Å². The number of hydrogen-bond donors (Lipinski definition) is 0. The lowest BCUT2D eigenvalue weighted by atomic mass is 9.91. The molecule has 2 fully saturated rings. The summed E-state index contributed by atoms with van der Waals surface area (Å²) in [5, 5.41) is -0.301. The predicted octanol–water partition coefficient (Wildman–Crippen LogP) is 4.08. The molecule has 0 spiro atoms. The number of nitrogens with zero attached hydrogens (tertiary/aromatic N) is 3. The third-order valence-corrected chi connectivity index (χ3v) is 4.95. The fourth-order valence-corrected chi connectivity index (χ4v) is 3.51. The van der Waals surface area contributed by atoms with Crippen molar-refractivity contribution >= 4 is 29.0 Å². The van der Waals surface area contributed by atoms with Crippen LogP contribution in [0.15, 0.2) is 6.07 Å². The molecule has 1 aromatic heterocycles. The Bertz CT molecular complexity index is 553. The molecular weight excluding hydrogens is 338 g/mol. The van der Waals surface area contributed by atoms with Gasteiger partial charge in [0.05, 0.1) is 10.0 Å². The number of aromatic nitrogens is 1. The average molecular weight is 354 g/mol. The van der Waals surface area contributed by atoms with Crippen LogP contribution in [0.1, 0.15) is 25.0 Å². The Labute approximate surface area is 137 Å². The van der Waals surface area contributed by atoms with Gasteiger partial charge >= 0.3 is 6.18 Å². The Morgan fingerprint density at radius 1 is 1.05 bits per heavy atom. The minimum atomic E-state index is -4.58. The number of piperazine rings is 1. The summed E-state index contributed by atoms with van der Waals surface area (Å²) in [6.45, 7) is 2.91. The van der Waals surface area contributed by atoms with E-state index in [1.54, 1.807) is 0 Å². The number of halogens is 5. The first kappa shape index (κ1) is 16.1. The smallest absolute Gasteiger partial charge is 0.353 e. The van der Waals surface area contributed by atoms with Crippen LogP contribution in [0.3, 0.4) is 0 Å². The molecule has 2 aliphatic rings. The summed E-state index contributed by atoms with van der Waals surface area (Å²) in [4.78, 5) is 7.90. The van der Waals surface area contributed by atoms with Crippen molar-refractivity contribution in [2.45, 2.75) is 31.5 Å². The molecule has 0 N–H and O–H groups in total. The Hall–Kier alpha value is -0.720. The Morgan fingerprint density at radius 2 is 1.68 bits per heavy atom. The van der Waals surface area contributed by atoms with Gasteiger partial charge in [0.2, 0.25) is 0 Å². The van der Waals surface area contributed by atoms with Crippen LogP contribution in [0.5, 0.6) is 0 Å². The summed E-state index contributed by atoms with van der Waals surface area (Å²) in [5.74, 6) is 0.173. The first-order chi connectivity index (χ1) is 10.4. The summed E-state index contributed by atoms with van der Waals surface area (Å²) in [6, 6.07) is 1.77. The molecule has 1 saturated carbocycles. The Morgan fingerprint density at radius 3 is 2.18 bits per heavy atom. The highest BCUT2D eigenvalue weighted by Crippen LogP contribution is 2.38. The van der Waals surface area contributed by atoms with E-state index in [4.69, 9.17) is 23.2 Å². The Kier molecular flexibility index (Phi) is 4.45. The van der Waals surface area contributed by atoms with Gasteiger partial charge < -0.3 is 4.90 Å². The van der Waals surface area contributed by atoms with Gasteiger partial charge in [0.15, 0.2) is 5.69 Å². The summed E-state index contributed by atoms with van der Waals surface area (Å²) in [5.41, 5.74) is -1.07. The molecule has 1 aliphatic carbocycles. The lowest BCUT2D eigenvalue weighted by Crippen LogP contribution is -2.52. The normalized spacial score (nSPS) is 21.0. The van der Waals surface area contributed by atoms with Crippen molar-refractivity contribution in [1.29, 1.82) is 0 Å². The van der Waals surface area contributed by atoms with Crippen LogP contribution in [0.4, 0.5) is 19.0 Å². The molecular formula is C14H16Cl2F3N3. The third kappa shape index (κ3) is 3.14. The second-order valence-electron chi connectivity index (χ2n) is 5.73. The van der Waals surface area contributed by atoms with Crippen molar-refractivity contribution in [1.82, 2.24) is 9.88 Å². The van der Waals surface area contributed by atoms with Gasteiger partial charge in [0.1, 0.15) is 5.82 Å². The SMILES string of the molecule is FC(F)(F)c1nc(N2CCN(C3CCC3)CC2)c(Cl)cc1Cl. The van der Waals surface area contributed by atoms with Crippen LogP contribution in [0.2, 0.25) is 10.0 Å². The molecule has 122 valence electrons. The lowest BCUT2D eigenvalue weighted by Gasteiger charge is -2.43. The first-order valence-corrected chi connectivity index (χ1v) is 8.04. The molecule has 0 radical (unpaired) electrons. The van der Waals surface area contributed by atoms with E-state index < -0.39 is 16.9 Å². The zero-order chi connectivity index (χ0) is 15.9. The molecule has 0 bridgehead atoms. The largest absolute Gasteiger partial charge is 0.434 e. The topological polar surface area (TPSA) is 19.4 Å². The number of anilines is 1. The molecule has 1 aromatic rings. The van der Waals surface area contributed by atoms with Crippen LogP contribution in [-0.4, -0.2) is 42.1 Å². The van der Waals surface area contributed by atoms with Gasteiger partial charge in [-0.3, -0.25) is 4.90 Å². The van der Waals surface area contributed by atoms with E-state index in [9.17, 15) is 13.2 Å². The summed E-state index contributed by atoms with van der Waals surface area (Å²) in [7, 11) is 0. The van der Waals surface area contributed by atoms with Crippen molar-refractivity contribution in [3.63, 3.8) is 0 Å². The number of alkyl halides is 3. The van der Waals surface area contributed by atoms with Gasteiger partial charge in [0, 0.05) is 32.2 Å². The molecule has 1 aliphatic heterocycles. The minimum absolute atomic E-state index is 0.162. The number of hydrogen-bond acceptors (Lipinski definition) is 3. The maximum absolute atomic E-state index is 12.9. The monoisotopic (exact) mass is 353 g/mol. The maximum atomic E-state index is 12.9. The van der Waals surface area contributed by atoms with Gasteiger partial charge in [-0.15, -0.1) is 0 Å². The molecule has 22 heavy (non-hydrogen) atoms. The van der Waals surface area contributed by atoms with Crippen LogP contribution < -0.4 is 4.90 Å². The molecule has 2 heterocycles. The van der Waals surface area contributed by atoms with Crippen LogP contribution >= 0.6 is 23.2 Å². The Balaban J connectivity index is 1.77. The molecule has 0 unspecified atom stereocenters. The summed E-state index contributed by atoms with van der Waals surface area (Å²) in [6.07, 6.45) is -0.870. The quantitative estimate of drug-likeness (QED) is 0.798. The van der Waals surface area contributed by atoms with Gasteiger partial charge in [-0.05, 0) is 18.9 Å². The highest BCUT2D eigenvalue weighted by molar-refractivity contribution is 6.36. The van der Waals surface area contributed by atoms with Crippen molar-refractivity contribution in [2.75, 3.05) is 31.1 Å². The summed E-state index contributed by atoms with van der Waals surface area (Å²) >= 11 is 11.7. The molecule has 3 rings (SSSR count). The highest BCUT2D eigenvalue weighted by atomic mass is 35.5. The number of rotatable bonds is 2. The molecule has 0 aromatic carbocycles. The maximum Gasteiger partial charge on any atom is 0.434 e. The molecule has 0 atom stereocenters. The zero-order valence-electron chi connectivity index (χ0n) is 11.8. The van der Waals surface area contributed by atoms with Gasteiger partial charge in [-0.2, -0.15) is 13.2 Å². The fourth-order valence-electron chi connectivity index (χ4n) is 2.93. The molecule has 3 nitrogen and oxygen atoms in total. The van der Waals surface area contributed by atoms with E-state index in [0.717, 1.165) is 19.2 Å². The molecule has 1 saturated heterocycles. The second-order valence-corrected chi connectivity index (χ2v) is 6.54. The van der Waals surface area contributed by atoms with Gasteiger partial charge in [0.25, 0.3) is 0 Å². The highest BCUT2D eigenvalue weighted by Gasteiger charge is 2.37. The lowest BCUT2D eigenvalue weighted by molar-refractivity contribution is -0.141. The number of pyridine rings is 1. The molecule has 0 amide bonds. The molecule has 8 heteroatoms. The van der Waals surface area contributed by atoms with Crippen LogP contribution in [0, 0.1) is 0 Å². The van der Waals surface area contributed by atoms with Crippen molar-refractivity contribution < 1.29 is 13.2 Å². The minimum Gasteiger partial charge on any atom is -0.353 e.